The van der Waals surface area contributed by atoms with Crippen molar-refractivity contribution in [3.63, 3.8) is 0 Å². The van der Waals surface area contributed by atoms with Gasteiger partial charge < -0.3 is 16.0 Å². The molecule has 0 aliphatic carbocycles. The zero-order chi connectivity index (χ0) is 6.69. The molecule has 60 valence electrons. The molecule has 0 fully saturated rings. The minimum atomic E-state index is 0. The van der Waals surface area contributed by atoms with Crippen LogP contribution >= 0.6 is 0 Å². The first kappa shape index (κ1) is 9.30. The van der Waals surface area contributed by atoms with E-state index >= 15 is 0 Å². The van der Waals surface area contributed by atoms with E-state index in [1.54, 1.807) is 0 Å². The predicted octanol–water partition coefficient (Wildman–Crippen LogP) is 1.23. The van der Waals surface area contributed by atoms with Crippen LogP contribution in [0.15, 0.2) is 12.4 Å². The fraction of sp³-hybridized carbons (Fsp3) is 0.714. The fourth-order valence-electron chi connectivity index (χ4n) is 1.02. The highest BCUT2D eigenvalue weighted by atomic mass is 15.3. The van der Waals surface area contributed by atoms with Gasteiger partial charge in [0, 0.05) is 26.0 Å². The van der Waals surface area contributed by atoms with Gasteiger partial charge >= 0.3 is 0 Å². The molecule has 0 saturated carbocycles. The van der Waals surface area contributed by atoms with Crippen LogP contribution in [-0.2, 0) is 0 Å². The normalized spacial score (nSPS) is 15.8. The van der Waals surface area contributed by atoms with Gasteiger partial charge in [-0.3, -0.25) is 0 Å². The average molecular weight is 143 g/mol. The van der Waals surface area contributed by atoms with Crippen LogP contribution in [-0.4, -0.2) is 30.1 Å². The van der Waals surface area contributed by atoms with Crippen molar-refractivity contribution >= 4 is 0 Å². The molecule has 0 saturated heterocycles. The molecule has 3 heteroatoms. The zero-order valence-corrected chi connectivity index (χ0v) is 6.88. The van der Waals surface area contributed by atoms with Crippen molar-refractivity contribution in [1.29, 1.82) is 0 Å². The summed E-state index contributed by atoms with van der Waals surface area (Å²) in [5, 5.41) is 0. The molecule has 0 aromatic heterocycles. The van der Waals surface area contributed by atoms with E-state index in [1.807, 2.05) is 0 Å². The molecule has 3 N–H and O–H groups in total. The van der Waals surface area contributed by atoms with E-state index in [4.69, 9.17) is 0 Å². The van der Waals surface area contributed by atoms with Crippen molar-refractivity contribution in [3.8, 4) is 0 Å². The minimum absolute atomic E-state index is 0. The molecule has 0 unspecified atom stereocenters. The maximum Gasteiger partial charge on any atom is 0.0890 e. The Kier molecular flexibility index (Phi) is 3.88. The Morgan fingerprint density at radius 3 is 2.50 bits per heavy atom. The van der Waals surface area contributed by atoms with Crippen molar-refractivity contribution in [3.05, 3.63) is 12.4 Å². The lowest BCUT2D eigenvalue weighted by Gasteiger charge is -2.16. The summed E-state index contributed by atoms with van der Waals surface area (Å²) in [6.07, 6.45) is 5.48. The van der Waals surface area contributed by atoms with Gasteiger partial charge in [-0.2, -0.15) is 0 Å². The predicted molar refractivity (Wildman–Crippen MR) is 43.8 cm³/mol. The first-order valence-electron chi connectivity index (χ1n) is 3.45. The van der Waals surface area contributed by atoms with Gasteiger partial charge in [-0.25, -0.2) is 0 Å². The smallest absolute Gasteiger partial charge is 0.0890 e. The summed E-state index contributed by atoms with van der Waals surface area (Å²) in [6, 6.07) is 0. The first-order chi connectivity index (χ1) is 4.33. The summed E-state index contributed by atoms with van der Waals surface area (Å²) in [7, 11) is 2.09. The van der Waals surface area contributed by atoms with Gasteiger partial charge in [0.15, 0.2) is 0 Å². The van der Waals surface area contributed by atoms with Crippen molar-refractivity contribution in [2.75, 3.05) is 20.3 Å². The topological polar surface area (TPSA) is 41.5 Å². The number of nitrogens with zero attached hydrogens (tertiary/aromatic N) is 2. The van der Waals surface area contributed by atoms with E-state index in [2.05, 4.69) is 36.2 Å². The van der Waals surface area contributed by atoms with Gasteiger partial charge in [-0.15, -0.1) is 0 Å². The van der Waals surface area contributed by atoms with Crippen LogP contribution in [0.3, 0.4) is 0 Å². The molecule has 10 heavy (non-hydrogen) atoms. The van der Waals surface area contributed by atoms with Gasteiger partial charge in [0.1, 0.15) is 0 Å². The van der Waals surface area contributed by atoms with Crippen LogP contribution in [0.2, 0.25) is 0 Å². The van der Waals surface area contributed by atoms with Crippen LogP contribution < -0.4 is 6.15 Å². The van der Waals surface area contributed by atoms with Crippen LogP contribution in [0.25, 0.3) is 0 Å². The highest BCUT2D eigenvalue weighted by Gasteiger charge is 2.04. The van der Waals surface area contributed by atoms with E-state index in [0.717, 1.165) is 6.67 Å². The molecule has 3 nitrogen and oxygen atoms in total. The highest BCUT2D eigenvalue weighted by Crippen LogP contribution is 2.02. The summed E-state index contributed by atoms with van der Waals surface area (Å²) >= 11 is 0. The Balaban J connectivity index is 0.000000810. The van der Waals surface area contributed by atoms with Crippen LogP contribution in [0, 0.1) is 0 Å². The molecule has 0 bridgehead atoms. The molecule has 1 aliphatic heterocycles. The molecule has 1 rings (SSSR count). The quantitative estimate of drug-likeness (QED) is 0.632. The third kappa shape index (κ3) is 2.27. The SMILES string of the molecule is CCCN1C=CN(C)C1.N. The second-order valence-electron chi connectivity index (χ2n) is 2.51. The molecular formula is C7H17N3. The first-order valence-corrected chi connectivity index (χ1v) is 3.45. The molecule has 0 amide bonds. The second kappa shape index (κ2) is 4.17. The van der Waals surface area contributed by atoms with Crippen molar-refractivity contribution in [2.45, 2.75) is 13.3 Å². The lowest BCUT2D eigenvalue weighted by atomic mass is 10.4. The molecule has 0 atom stereocenters. The summed E-state index contributed by atoms with van der Waals surface area (Å²) < 4.78 is 0. The molecule has 1 heterocycles. The minimum Gasteiger partial charge on any atom is -0.362 e. The molecule has 0 aromatic rings. The van der Waals surface area contributed by atoms with E-state index in [0.29, 0.717) is 0 Å². The van der Waals surface area contributed by atoms with Gasteiger partial charge in [0.05, 0.1) is 6.67 Å². The Bertz CT molecular complexity index is 111. The highest BCUT2D eigenvalue weighted by molar-refractivity contribution is 4.87. The lowest BCUT2D eigenvalue weighted by molar-refractivity contribution is 0.297. The molecule has 0 spiro atoms. The molecule has 0 aromatic carbocycles. The number of hydrogen-bond donors (Lipinski definition) is 1. The Labute approximate surface area is 62.9 Å². The molecule has 0 radical (unpaired) electrons. The van der Waals surface area contributed by atoms with Crippen LogP contribution in [0.4, 0.5) is 0 Å². The molecule has 1 aliphatic rings. The van der Waals surface area contributed by atoms with Gasteiger partial charge in [0.25, 0.3) is 0 Å². The Morgan fingerprint density at radius 1 is 1.40 bits per heavy atom. The van der Waals surface area contributed by atoms with Gasteiger partial charge in [0.2, 0.25) is 0 Å². The number of hydrogen-bond acceptors (Lipinski definition) is 3. The average Bonchev–Trinajstić information content (AvgIpc) is 2.17. The monoisotopic (exact) mass is 143 g/mol. The molecular weight excluding hydrogens is 126 g/mol. The van der Waals surface area contributed by atoms with E-state index in [1.165, 1.54) is 13.0 Å². The largest absolute Gasteiger partial charge is 0.362 e. The van der Waals surface area contributed by atoms with Crippen molar-refractivity contribution in [1.82, 2.24) is 16.0 Å². The van der Waals surface area contributed by atoms with Gasteiger partial charge in [-0.1, -0.05) is 6.92 Å². The zero-order valence-electron chi connectivity index (χ0n) is 6.88. The van der Waals surface area contributed by atoms with Crippen molar-refractivity contribution in [2.24, 2.45) is 0 Å². The maximum atomic E-state index is 2.31. The lowest BCUT2D eigenvalue weighted by Crippen LogP contribution is -2.22. The standard InChI is InChI=1S/C7H14N2.H3N/c1-3-4-9-6-5-8(2)7-9;/h5-6H,3-4,7H2,1-2H3;1H3. The second-order valence-corrected chi connectivity index (χ2v) is 2.51. The Morgan fingerprint density at radius 2 is 2.10 bits per heavy atom. The van der Waals surface area contributed by atoms with Crippen LogP contribution in [0.1, 0.15) is 13.3 Å². The third-order valence-corrected chi connectivity index (χ3v) is 1.45. The van der Waals surface area contributed by atoms with Crippen LogP contribution in [0.5, 0.6) is 0 Å². The van der Waals surface area contributed by atoms with Gasteiger partial charge in [-0.05, 0) is 6.42 Å². The summed E-state index contributed by atoms with van der Waals surface area (Å²) in [4.78, 5) is 4.48. The summed E-state index contributed by atoms with van der Waals surface area (Å²) in [5.74, 6) is 0. The van der Waals surface area contributed by atoms with Crippen molar-refractivity contribution < 1.29 is 0 Å². The van der Waals surface area contributed by atoms with E-state index < -0.39 is 0 Å². The summed E-state index contributed by atoms with van der Waals surface area (Å²) in [5.41, 5.74) is 0. The number of rotatable bonds is 2. The fourth-order valence-corrected chi connectivity index (χ4v) is 1.02. The van der Waals surface area contributed by atoms with E-state index in [-0.39, 0.29) is 6.15 Å². The summed E-state index contributed by atoms with van der Waals surface area (Å²) in [6.45, 7) is 4.45. The third-order valence-electron chi connectivity index (χ3n) is 1.45. The van der Waals surface area contributed by atoms with E-state index in [9.17, 15) is 0 Å². The Hall–Kier alpha value is -0.700. The maximum absolute atomic E-state index is 2.31.